The van der Waals surface area contributed by atoms with Crippen LogP contribution in [0.5, 0.6) is 0 Å². The Morgan fingerprint density at radius 1 is 1.20 bits per heavy atom. The number of hydrogen-bond acceptors (Lipinski definition) is 3. The second-order valence-corrected chi connectivity index (χ2v) is 5.69. The van der Waals surface area contributed by atoms with E-state index in [0.717, 1.165) is 25.5 Å². The van der Waals surface area contributed by atoms with E-state index in [4.69, 9.17) is 0 Å². The maximum atomic E-state index is 4.57. The van der Waals surface area contributed by atoms with Crippen molar-refractivity contribution in [2.75, 3.05) is 18.0 Å². The fourth-order valence-electron chi connectivity index (χ4n) is 2.31. The van der Waals surface area contributed by atoms with Gasteiger partial charge in [0.1, 0.15) is 5.82 Å². The van der Waals surface area contributed by atoms with E-state index in [2.05, 4.69) is 55.0 Å². The molecule has 0 aromatic carbocycles. The van der Waals surface area contributed by atoms with Crippen LogP contribution in [0, 0.1) is 0 Å². The van der Waals surface area contributed by atoms with Crippen LogP contribution in [-0.2, 0) is 6.54 Å². The summed E-state index contributed by atoms with van der Waals surface area (Å²) in [5.74, 6) is 1.12. The average molecular weight is 277 g/mol. The maximum absolute atomic E-state index is 4.57. The Bertz CT molecular complexity index is 363. The number of aromatic nitrogens is 1. The van der Waals surface area contributed by atoms with Gasteiger partial charge in [0.25, 0.3) is 0 Å². The fourth-order valence-corrected chi connectivity index (χ4v) is 2.31. The van der Waals surface area contributed by atoms with Gasteiger partial charge in [0.15, 0.2) is 0 Å². The Morgan fingerprint density at radius 2 is 2.00 bits per heavy atom. The topological polar surface area (TPSA) is 28.2 Å². The maximum Gasteiger partial charge on any atom is 0.129 e. The molecule has 1 heterocycles. The standard InChI is InChI=1S/C17H31N3/c1-5-7-8-12-20(15(3)4)17-13-16(9-11-19-17)14-18-10-6-2/h9,11,13,15,18H,5-8,10,12,14H2,1-4H3. The number of rotatable bonds is 10. The molecule has 3 nitrogen and oxygen atoms in total. The Morgan fingerprint density at radius 3 is 2.65 bits per heavy atom. The molecule has 1 N–H and O–H groups in total. The third-order valence-corrected chi connectivity index (χ3v) is 3.49. The highest BCUT2D eigenvalue weighted by molar-refractivity contribution is 5.41. The van der Waals surface area contributed by atoms with Gasteiger partial charge in [0.2, 0.25) is 0 Å². The van der Waals surface area contributed by atoms with Crippen molar-refractivity contribution in [1.29, 1.82) is 0 Å². The lowest BCUT2D eigenvalue weighted by molar-refractivity contribution is 0.618. The first-order chi connectivity index (χ1) is 9.69. The molecule has 1 aromatic rings. The monoisotopic (exact) mass is 277 g/mol. The number of hydrogen-bond donors (Lipinski definition) is 1. The average Bonchev–Trinajstić information content (AvgIpc) is 2.44. The highest BCUT2D eigenvalue weighted by atomic mass is 15.2. The zero-order chi connectivity index (χ0) is 14.8. The Balaban J connectivity index is 2.67. The summed E-state index contributed by atoms with van der Waals surface area (Å²) in [6.07, 6.45) is 6.91. The van der Waals surface area contributed by atoms with Crippen LogP contribution in [0.1, 0.15) is 58.9 Å². The summed E-state index contributed by atoms with van der Waals surface area (Å²) in [7, 11) is 0. The molecule has 0 amide bonds. The van der Waals surface area contributed by atoms with Gasteiger partial charge in [-0.3, -0.25) is 0 Å². The molecule has 3 heteroatoms. The molecule has 0 aliphatic heterocycles. The van der Waals surface area contributed by atoms with Gasteiger partial charge in [0, 0.05) is 25.3 Å². The molecular formula is C17H31N3. The smallest absolute Gasteiger partial charge is 0.129 e. The highest BCUT2D eigenvalue weighted by Crippen LogP contribution is 2.17. The lowest BCUT2D eigenvalue weighted by Gasteiger charge is -2.28. The van der Waals surface area contributed by atoms with E-state index in [1.165, 1.54) is 31.2 Å². The van der Waals surface area contributed by atoms with Crippen LogP contribution in [0.3, 0.4) is 0 Å². The summed E-state index contributed by atoms with van der Waals surface area (Å²) in [5.41, 5.74) is 1.32. The third-order valence-electron chi connectivity index (χ3n) is 3.49. The zero-order valence-corrected chi connectivity index (χ0v) is 13.7. The quantitative estimate of drug-likeness (QED) is 0.656. The molecule has 1 aromatic heterocycles. The summed E-state index contributed by atoms with van der Waals surface area (Å²) in [6, 6.07) is 4.84. The zero-order valence-electron chi connectivity index (χ0n) is 13.7. The van der Waals surface area contributed by atoms with Crippen molar-refractivity contribution >= 4 is 5.82 Å². The van der Waals surface area contributed by atoms with E-state index >= 15 is 0 Å². The fraction of sp³-hybridized carbons (Fsp3) is 0.706. The molecule has 0 spiro atoms. The predicted octanol–water partition coefficient (Wildman–Crippen LogP) is 3.99. The Hall–Kier alpha value is -1.09. The van der Waals surface area contributed by atoms with Gasteiger partial charge < -0.3 is 10.2 Å². The molecule has 0 aliphatic carbocycles. The van der Waals surface area contributed by atoms with Gasteiger partial charge in [-0.1, -0.05) is 26.7 Å². The lowest BCUT2D eigenvalue weighted by atomic mass is 10.2. The van der Waals surface area contributed by atoms with Gasteiger partial charge in [-0.15, -0.1) is 0 Å². The normalized spacial score (nSPS) is 11.1. The molecular weight excluding hydrogens is 246 g/mol. The Labute approximate surface area is 124 Å². The van der Waals surface area contributed by atoms with Crippen molar-refractivity contribution in [1.82, 2.24) is 10.3 Å². The molecule has 0 atom stereocenters. The van der Waals surface area contributed by atoms with E-state index in [1.54, 1.807) is 0 Å². The van der Waals surface area contributed by atoms with Gasteiger partial charge in [-0.25, -0.2) is 4.98 Å². The first-order valence-electron chi connectivity index (χ1n) is 8.11. The van der Waals surface area contributed by atoms with Gasteiger partial charge >= 0.3 is 0 Å². The van der Waals surface area contributed by atoms with Crippen molar-refractivity contribution in [2.24, 2.45) is 0 Å². The summed E-state index contributed by atoms with van der Waals surface area (Å²) < 4.78 is 0. The third kappa shape index (κ3) is 5.91. The second-order valence-electron chi connectivity index (χ2n) is 5.69. The van der Waals surface area contributed by atoms with Gasteiger partial charge in [-0.05, 0) is 50.9 Å². The van der Waals surface area contributed by atoms with Crippen LogP contribution in [0.25, 0.3) is 0 Å². The number of unbranched alkanes of at least 4 members (excludes halogenated alkanes) is 2. The van der Waals surface area contributed by atoms with Crippen LogP contribution in [0.4, 0.5) is 5.82 Å². The van der Waals surface area contributed by atoms with E-state index in [9.17, 15) is 0 Å². The molecule has 0 saturated carbocycles. The van der Waals surface area contributed by atoms with Crippen LogP contribution in [0.2, 0.25) is 0 Å². The summed E-state index contributed by atoms with van der Waals surface area (Å²) in [6.45, 7) is 12.0. The van der Waals surface area contributed by atoms with Crippen LogP contribution in [0.15, 0.2) is 18.3 Å². The number of nitrogens with zero attached hydrogens (tertiary/aromatic N) is 2. The van der Waals surface area contributed by atoms with Crippen molar-refractivity contribution in [3.05, 3.63) is 23.9 Å². The van der Waals surface area contributed by atoms with Gasteiger partial charge in [0.05, 0.1) is 0 Å². The van der Waals surface area contributed by atoms with E-state index in [0.29, 0.717) is 6.04 Å². The molecule has 0 unspecified atom stereocenters. The first-order valence-corrected chi connectivity index (χ1v) is 8.11. The second kappa shape index (κ2) is 9.76. The molecule has 0 radical (unpaired) electrons. The number of anilines is 1. The van der Waals surface area contributed by atoms with E-state index < -0.39 is 0 Å². The molecule has 0 fully saturated rings. The molecule has 0 bridgehead atoms. The number of pyridine rings is 1. The number of nitrogens with one attached hydrogen (secondary N) is 1. The predicted molar refractivity (Wildman–Crippen MR) is 88.2 cm³/mol. The molecule has 0 saturated heterocycles. The lowest BCUT2D eigenvalue weighted by Crippen LogP contribution is -2.32. The molecule has 20 heavy (non-hydrogen) atoms. The SMILES string of the molecule is CCCCCN(c1cc(CNCCC)ccn1)C(C)C. The summed E-state index contributed by atoms with van der Waals surface area (Å²) in [5, 5.41) is 3.45. The minimum absolute atomic E-state index is 0.498. The summed E-state index contributed by atoms with van der Waals surface area (Å²) in [4.78, 5) is 6.98. The molecule has 1 rings (SSSR count). The van der Waals surface area contributed by atoms with Crippen LogP contribution >= 0.6 is 0 Å². The highest BCUT2D eigenvalue weighted by Gasteiger charge is 2.11. The molecule has 114 valence electrons. The minimum Gasteiger partial charge on any atom is -0.354 e. The van der Waals surface area contributed by atoms with E-state index in [1.807, 2.05) is 6.20 Å². The largest absolute Gasteiger partial charge is 0.354 e. The van der Waals surface area contributed by atoms with Crippen molar-refractivity contribution in [2.45, 2.75) is 66.0 Å². The minimum atomic E-state index is 0.498. The van der Waals surface area contributed by atoms with Gasteiger partial charge in [-0.2, -0.15) is 0 Å². The molecule has 0 aliphatic rings. The van der Waals surface area contributed by atoms with Crippen molar-refractivity contribution in [3.8, 4) is 0 Å². The van der Waals surface area contributed by atoms with E-state index in [-0.39, 0.29) is 0 Å². The Kier molecular flexibility index (Phi) is 8.28. The van der Waals surface area contributed by atoms with Crippen LogP contribution < -0.4 is 10.2 Å². The van der Waals surface area contributed by atoms with Crippen molar-refractivity contribution in [3.63, 3.8) is 0 Å². The summed E-state index contributed by atoms with van der Waals surface area (Å²) >= 11 is 0. The van der Waals surface area contributed by atoms with Crippen LogP contribution in [-0.4, -0.2) is 24.1 Å². The first kappa shape index (κ1) is 17.0. The van der Waals surface area contributed by atoms with Crippen molar-refractivity contribution < 1.29 is 0 Å².